The van der Waals surface area contributed by atoms with Gasteiger partial charge in [-0.25, -0.2) is 13.8 Å². The van der Waals surface area contributed by atoms with E-state index in [1.54, 1.807) is 19.2 Å². The fourth-order valence-electron chi connectivity index (χ4n) is 4.13. The van der Waals surface area contributed by atoms with Crippen LogP contribution in [0.15, 0.2) is 72.8 Å². The van der Waals surface area contributed by atoms with Crippen LogP contribution in [-0.2, 0) is 5.60 Å². The normalized spacial score (nSPS) is 13.3. The summed E-state index contributed by atoms with van der Waals surface area (Å²) in [5.41, 5.74) is 1.33. The van der Waals surface area contributed by atoms with Crippen molar-refractivity contribution in [3.8, 4) is 17.0 Å². The van der Waals surface area contributed by atoms with Crippen LogP contribution in [0.4, 0.5) is 8.78 Å². The van der Waals surface area contributed by atoms with Gasteiger partial charge in [0.1, 0.15) is 17.2 Å². The summed E-state index contributed by atoms with van der Waals surface area (Å²) in [5.74, 6) is -1.02. The maximum absolute atomic E-state index is 14.2. The number of hydrogen-bond acceptors (Lipinski definition) is 4. The molecule has 4 rings (SSSR count). The lowest BCUT2D eigenvalue weighted by Crippen LogP contribution is -2.32. The highest BCUT2D eigenvalue weighted by Crippen LogP contribution is 2.40. The van der Waals surface area contributed by atoms with E-state index >= 15 is 0 Å². The van der Waals surface area contributed by atoms with Gasteiger partial charge in [-0.3, -0.25) is 0 Å². The van der Waals surface area contributed by atoms with Gasteiger partial charge in [-0.1, -0.05) is 42.5 Å². The van der Waals surface area contributed by atoms with E-state index in [1.165, 1.54) is 12.1 Å². The number of halogens is 2. The van der Waals surface area contributed by atoms with Gasteiger partial charge in [0.15, 0.2) is 0 Å². The molecule has 1 unspecified atom stereocenters. The first-order valence-corrected chi connectivity index (χ1v) is 10.7. The molecule has 1 atom stereocenters. The summed E-state index contributed by atoms with van der Waals surface area (Å²) < 4.78 is 33.9. The number of fused-ring (bicyclic) bond motifs is 1. The fraction of sp³-hybridized carbons (Fsp3) is 0.222. The second kappa shape index (κ2) is 9.25. The smallest absolute Gasteiger partial charge is 0.221 e. The van der Waals surface area contributed by atoms with Crippen molar-refractivity contribution in [1.29, 1.82) is 0 Å². The minimum atomic E-state index is -1.64. The Hall–Kier alpha value is -3.35. The fourth-order valence-corrected chi connectivity index (χ4v) is 4.13. The maximum atomic E-state index is 14.2. The molecule has 6 heteroatoms. The predicted octanol–water partition coefficient (Wildman–Crippen LogP) is 5.38. The number of hydrogen-bond donors (Lipinski definition) is 1. The van der Waals surface area contributed by atoms with Crippen molar-refractivity contribution in [3.63, 3.8) is 0 Å². The van der Waals surface area contributed by atoms with Crippen molar-refractivity contribution < 1.29 is 18.6 Å². The number of benzene rings is 3. The van der Waals surface area contributed by atoms with Crippen LogP contribution in [0.1, 0.15) is 17.5 Å². The first-order chi connectivity index (χ1) is 15.8. The zero-order valence-corrected chi connectivity index (χ0v) is 18.8. The molecule has 33 heavy (non-hydrogen) atoms. The molecule has 4 nitrogen and oxygen atoms in total. The topological polar surface area (TPSA) is 45.6 Å². The third-order valence-electron chi connectivity index (χ3n) is 5.81. The summed E-state index contributed by atoms with van der Waals surface area (Å²) in [6, 6.07) is 20.2. The van der Waals surface area contributed by atoms with Crippen LogP contribution in [0.3, 0.4) is 0 Å². The number of rotatable bonds is 7. The lowest BCUT2D eigenvalue weighted by molar-refractivity contribution is 0.0637. The lowest BCUT2D eigenvalue weighted by Gasteiger charge is -2.32. The van der Waals surface area contributed by atoms with Crippen LogP contribution in [0.5, 0.6) is 5.88 Å². The molecule has 0 amide bonds. The Bertz CT molecular complexity index is 1260. The van der Waals surface area contributed by atoms with Crippen LogP contribution < -0.4 is 4.74 Å². The number of nitrogens with zero attached hydrogens (tertiary/aromatic N) is 2. The molecule has 170 valence electrons. The van der Waals surface area contributed by atoms with Gasteiger partial charge in [0.05, 0.1) is 12.6 Å². The van der Waals surface area contributed by atoms with Gasteiger partial charge in [0, 0.05) is 23.6 Å². The van der Waals surface area contributed by atoms with E-state index < -0.39 is 17.2 Å². The summed E-state index contributed by atoms with van der Waals surface area (Å²) in [6.45, 7) is 0.500. The average molecular weight is 449 g/mol. The lowest BCUT2D eigenvalue weighted by atomic mass is 9.81. The third-order valence-corrected chi connectivity index (χ3v) is 5.81. The van der Waals surface area contributed by atoms with E-state index in [1.807, 2.05) is 61.5 Å². The SMILES string of the molecule is COc1nc2cccc(C(O)(CCN(C)C)c3cc(F)cc(F)c3)c2cc1-c1ccccc1. The molecule has 0 saturated heterocycles. The molecule has 1 N–H and O–H groups in total. The number of aliphatic hydroxyl groups is 1. The van der Waals surface area contributed by atoms with E-state index in [4.69, 9.17) is 4.74 Å². The van der Waals surface area contributed by atoms with Crippen molar-refractivity contribution in [3.05, 3.63) is 95.6 Å². The van der Waals surface area contributed by atoms with Crippen LogP contribution in [-0.4, -0.2) is 42.7 Å². The molecule has 0 saturated carbocycles. The summed E-state index contributed by atoms with van der Waals surface area (Å²) in [7, 11) is 5.33. The van der Waals surface area contributed by atoms with Gasteiger partial charge in [0.2, 0.25) is 5.88 Å². The summed E-state index contributed by atoms with van der Waals surface area (Å²) in [5, 5.41) is 12.7. The van der Waals surface area contributed by atoms with Crippen LogP contribution >= 0.6 is 0 Å². The van der Waals surface area contributed by atoms with Crippen molar-refractivity contribution >= 4 is 10.9 Å². The van der Waals surface area contributed by atoms with Gasteiger partial charge < -0.3 is 14.7 Å². The minimum Gasteiger partial charge on any atom is -0.481 e. The summed E-state index contributed by atoms with van der Waals surface area (Å²) >= 11 is 0. The molecule has 1 heterocycles. The maximum Gasteiger partial charge on any atom is 0.221 e. The first-order valence-electron chi connectivity index (χ1n) is 10.7. The van der Waals surface area contributed by atoms with E-state index in [9.17, 15) is 13.9 Å². The van der Waals surface area contributed by atoms with Gasteiger partial charge >= 0.3 is 0 Å². The quantitative estimate of drug-likeness (QED) is 0.413. The van der Waals surface area contributed by atoms with Gasteiger partial charge in [-0.15, -0.1) is 0 Å². The molecule has 0 aliphatic carbocycles. The average Bonchev–Trinajstić information content (AvgIpc) is 2.81. The highest BCUT2D eigenvalue weighted by Gasteiger charge is 2.34. The minimum absolute atomic E-state index is 0.159. The summed E-state index contributed by atoms with van der Waals surface area (Å²) in [6.07, 6.45) is 0.231. The molecule has 0 aliphatic rings. The molecular weight excluding hydrogens is 422 g/mol. The second-order valence-electron chi connectivity index (χ2n) is 8.36. The Morgan fingerprint density at radius 1 is 0.939 bits per heavy atom. The van der Waals surface area contributed by atoms with E-state index in [-0.39, 0.29) is 12.0 Å². The van der Waals surface area contributed by atoms with Crippen LogP contribution in [0, 0.1) is 11.6 Å². The summed E-state index contributed by atoms with van der Waals surface area (Å²) in [4.78, 5) is 6.60. The number of methoxy groups -OCH3 is 1. The zero-order valence-electron chi connectivity index (χ0n) is 18.8. The molecule has 0 radical (unpaired) electrons. The Labute approximate surface area is 192 Å². The van der Waals surface area contributed by atoms with E-state index in [0.29, 0.717) is 28.9 Å². The van der Waals surface area contributed by atoms with E-state index in [0.717, 1.165) is 17.2 Å². The highest BCUT2D eigenvalue weighted by atomic mass is 19.1. The van der Waals surface area contributed by atoms with Crippen molar-refractivity contribution in [1.82, 2.24) is 9.88 Å². The molecule has 4 aromatic rings. The molecule has 1 aromatic heterocycles. The predicted molar refractivity (Wildman–Crippen MR) is 126 cm³/mol. The standard InChI is InChI=1S/C27H26F2N2O2/c1-31(2)13-12-27(32,19-14-20(28)16-21(29)15-19)24-10-7-11-25-23(24)17-22(26(30-25)33-3)18-8-5-4-6-9-18/h4-11,14-17,32H,12-13H2,1-3H3. The van der Waals surface area contributed by atoms with Crippen LogP contribution in [0.25, 0.3) is 22.0 Å². The molecule has 0 fully saturated rings. The third kappa shape index (κ3) is 4.58. The van der Waals surface area contributed by atoms with Crippen molar-refractivity contribution in [2.24, 2.45) is 0 Å². The Morgan fingerprint density at radius 3 is 2.27 bits per heavy atom. The Kier molecular flexibility index (Phi) is 6.40. The molecule has 0 bridgehead atoms. The largest absolute Gasteiger partial charge is 0.481 e. The second-order valence-corrected chi connectivity index (χ2v) is 8.36. The molecule has 0 aliphatic heterocycles. The van der Waals surface area contributed by atoms with Gasteiger partial charge in [-0.2, -0.15) is 0 Å². The molecular formula is C27H26F2N2O2. The monoisotopic (exact) mass is 448 g/mol. The van der Waals surface area contributed by atoms with Gasteiger partial charge in [-0.05, 0) is 61.5 Å². The van der Waals surface area contributed by atoms with E-state index in [2.05, 4.69) is 4.98 Å². The highest BCUT2D eigenvalue weighted by molar-refractivity contribution is 5.89. The van der Waals surface area contributed by atoms with Crippen LogP contribution in [0.2, 0.25) is 0 Å². The molecule has 0 spiro atoms. The zero-order chi connectivity index (χ0) is 23.6. The Morgan fingerprint density at radius 2 is 1.64 bits per heavy atom. The van der Waals surface area contributed by atoms with Crippen molar-refractivity contribution in [2.75, 3.05) is 27.7 Å². The number of aromatic nitrogens is 1. The number of ether oxygens (including phenoxy) is 1. The van der Waals surface area contributed by atoms with Crippen molar-refractivity contribution in [2.45, 2.75) is 12.0 Å². The first kappa shape index (κ1) is 22.8. The number of pyridine rings is 1. The Balaban J connectivity index is 1.99. The van der Waals surface area contributed by atoms with Gasteiger partial charge in [0.25, 0.3) is 0 Å². The molecule has 3 aromatic carbocycles.